The Kier molecular flexibility index (Phi) is 3.05. The number of anilines is 2. The predicted molar refractivity (Wildman–Crippen MR) is 67.2 cm³/mol. The van der Waals surface area contributed by atoms with E-state index in [1.54, 1.807) is 12.3 Å². The van der Waals surface area contributed by atoms with E-state index in [0.29, 0.717) is 0 Å². The Morgan fingerprint density at radius 1 is 1.19 bits per heavy atom. The fourth-order valence-electron chi connectivity index (χ4n) is 1.58. The van der Waals surface area contributed by atoms with Gasteiger partial charge in [-0.15, -0.1) is 0 Å². The Labute approximate surface area is 95.5 Å². The first kappa shape index (κ1) is 10.5. The van der Waals surface area contributed by atoms with E-state index in [0.717, 1.165) is 18.1 Å². The van der Waals surface area contributed by atoms with E-state index < -0.39 is 0 Å². The fourth-order valence-corrected chi connectivity index (χ4v) is 1.58. The minimum absolute atomic E-state index is 0.741. The van der Waals surface area contributed by atoms with E-state index in [2.05, 4.69) is 22.0 Å². The van der Waals surface area contributed by atoms with Crippen LogP contribution in [-0.2, 0) is 6.54 Å². The van der Waals surface area contributed by atoms with Gasteiger partial charge in [-0.3, -0.25) is 0 Å². The highest BCUT2D eigenvalue weighted by Gasteiger charge is 2.02. The molecule has 0 unspecified atom stereocenters. The van der Waals surface area contributed by atoms with Gasteiger partial charge in [0.1, 0.15) is 5.82 Å². The standard InChI is InChI=1S/C13H15N3/c1-16(10-11-5-3-2-4-6-11)13-9-12(14)7-8-15-13/h2-9H,10H2,1H3,(H2,14,15). The van der Waals surface area contributed by atoms with Gasteiger partial charge in [-0.1, -0.05) is 30.3 Å². The van der Waals surface area contributed by atoms with E-state index in [-0.39, 0.29) is 0 Å². The number of rotatable bonds is 3. The van der Waals surface area contributed by atoms with E-state index in [4.69, 9.17) is 5.73 Å². The van der Waals surface area contributed by atoms with Crippen molar-refractivity contribution in [2.45, 2.75) is 6.54 Å². The van der Waals surface area contributed by atoms with Crippen LogP contribution in [0.5, 0.6) is 0 Å². The normalized spacial score (nSPS) is 10.1. The predicted octanol–water partition coefficient (Wildman–Crippen LogP) is 2.30. The molecule has 0 saturated carbocycles. The third-order valence-corrected chi connectivity index (χ3v) is 2.42. The minimum Gasteiger partial charge on any atom is -0.399 e. The third kappa shape index (κ3) is 2.51. The first-order valence-corrected chi connectivity index (χ1v) is 5.22. The second kappa shape index (κ2) is 4.66. The van der Waals surface area contributed by atoms with Gasteiger partial charge in [-0.25, -0.2) is 4.98 Å². The van der Waals surface area contributed by atoms with Crippen LogP contribution in [0.2, 0.25) is 0 Å². The molecule has 0 amide bonds. The number of hydrogen-bond donors (Lipinski definition) is 1. The Morgan fingerprint density at radius 3 is 2.62 bits per heavy atom. The molecule has 0 bridgehead atoms. The van der Waals surface area contributed by atoms with Gasteiger partial charge in [0.05, 0.1) is 0 Å². The van der Waals surface area contributed by atoms with Crippen molar-refractivity contribution in [3.63, 3.8) is 0 Å². The summed E-state index contributed by atoms with van der Waals surface area (Å²) in [5.41, 5.74) is 7.72. The second-order valence-electron chi connectivity index (χ2n) is 3.79. The number of nitrogens with two attached hydrogens (primary N) is 1. The lowest BCUT2D eigenvalue weighted by Crippen LogP contribution is -2.17. The fraction of sp³-hybridized carbons (Fsp3) is 0.154. The Bertz CT molecular complexity index is 454. The average Bonchev–Trinajstić information content (AvgIpc) is 2.30. The zero-order chi connectivity index (χ0) is 11.4. The molecule has 1 aromatic heterocycles. The van der Waals surface area contributed by atoms with Crippen molar-refractivity contribution in [2.24, 2.45) is 0 Å². The molecule has 0 radical (unpaired) electrons. The highest BCUT2D eigenvalue weighted by Crippen LogP contribution is 2.14. The van der Waals surface area contributed by atoms with Crippen molar-refractivity contribution >= 4 is 11.5 Å². The van der Waals surface area contributed by atoms with Gasteiger partial charge < -0.3 is 10.6 Å². The largest absolute Gasteiger partial charge is 0.399 e. The third-order valence-electron chi connectivity index (χ3n) is 2.42. The molecule has 0 spiro atoms. The van der Waals surface area contributed by atoms with Gasteiger partial charge in [0.25, 0.3) is 0 Å². The molecule has 1 aromatic carbocycles. The Hall–Kier alpha value is -2.03. The summed E-state index contributed by atoms with van der Waals surface area (Å²) in [5.74, 6) is 0.892. The summed E-state index contributed by atoms with van der Waals surface area (Å²) in [4.78, 5) is 6.36. The molecule has 0 saturated heterocycles. The molecule has 2 N–H and O–H groups in total. The van der Waals surface area contributed by atoms with Gasteiger partial charge >= 0.3 is 0 Å². The van der Waals surface area contributed by atoms with Crippen LogP contribution in [0.15, 0.2) is 48.7 Å². The first-order chi connectivity index (χ1) is 7.75. The summed E-state index contributed by atoms with van der Waals surface area (Å²) in [6.45, 7) is 0.831. The lowest BCUT2D eigenvalue weighted by molar-refractivity contribution is 0.898. The molecule has 2 rings (SSSR count). The van der Waals surface area contributed by atoms with Gasteiger partial charge in [-0.2, -0.15) is 0 Å². The van der Waals surface area contributed by atoms with Crippen LogP contribution >= 0.6 is 0 Å². The van der Waals surface area contributed by atoms with Crippen molar-refractivity contribution in [1.29, 1.82) is 0 Å². The number of pyridine rings is 1. The number of aromatic nitrogens is 1. The van der Waals surface area contributed by atoms with Gasteiger partial charge in [0.2, 0.25) is 0 Å². The van der Waals surface area contributed by atoms with Crippen LogP contribution in [0.1, 0.15) is 5.56 Å². The summed E-state index contributed by atoms with van der Waals surface area (Å²) in [6, 6.07) is 14.0. The van der Waals surface area contributed by atoms with Crippen LogP contribution in [0.25, 0.3) is 0 Å². The maximum absolute atomic E-state index is 5.72. The average molecular weight is 213 g/mol. The zero-order valence-corrected chi connectivity index (χ0v) is 9.30. The van der Waals surface area contributed by atoms with Crippen molar-refractivity contribution in [3.8, 4) is 0 Å². The Morgan fingerprint density at radius 2 is 1.94 bits per heavy atom. The molecular formula is C13H15N3. The molecule has 0 aliphatic heterocycles. The molecule has 16 heavy (non-hydrogen) atoms. The first-order valence-electron chi connectivity index (χ1n) is 5.22. The molecule has 3 nitrogen and oxygen atoms in total. The summed E-state index contributed by atoms with van der Waals surface area (Å²) in [7, 11) is 2.01. The number of nitrogen functional groups attached to an aromatic ring is 1. The lowest BCUT2D eigenvalue weighted by atomic mass is 10.2. The summed E-state index contributed by atoms with van der Waals surface area (Å²) >= 11 is 0. The smallest absolute Gasteiger partial charge is 0.130 e. The summed E-state index contributed by atoms with van der Waals surface area (Å²) in [6.07, 6.45) is 1.73. The zero-order valence-electron chi connectivity index (χ0n) is 9.30. The monoisotopic (exact) mass is 213 g/mol. The van der Waals surface area contributed by atoms with Gasteiger partial charge in [-0.05, 0) is 11.6 Å². The molecule has 0 atom stereocenters. The SMILES string of the molecule is CN(Cc1ccccc1)c1cc(N)ccn1. The molecule has 82 valence electrons. The minimum atomic E-state index is 0.741. The number of hydrogen-bond acceptors (Lipinski definition) is 3. The van der Waals surface area contributed by atoms with Crippen molar-refractivity contribution in [3.05, 3.63) is 54.2 Å². The molecule has 0 aliphatic carbocycles. The maximum atomic E-state index is 5.72. The molecule has 0 fully saturated rings. The van der Waals surface area contributed by atoms with Crippen LogP contribution in [-0.4, -0.2) is 12.0 Å². The number of benzene rings is 1. The molecule has 2 aromatic rings. The maximum Gasteiger partial charge on any atom is 0.130 e. The highest BCUT2D eigenvalue weighted by molar-refractivity contribution is 5.50. The molecule has 1 heterocycles. The quantitative estimate of drug-likeness (QED) is 0.850. The van der Waals surface area contributed by atoms with E-state index in [9.17, 15) is 0 Å². The van der Waals surface area contributed by atoms with Crippen LogP contribution in [0, 0.1) is 0 Å². The molecule has 0 aliphatic rings. The van der Waals surface area contributed by atoms with Crippen molar-refractivity contribution in [1.82, 2.24) is 4.98 Å². The molecule has 3 heteroatoms. The van der Waals surface area contributed by atoms with E-state index in [1.165, 1.54) is 5.56 Å². The Balaban J connectivity index is 2.12. The highest BCUT2D eigenvalue weighted by atomic mass is 15.2. The number of nitrogens with zero attached hydrogens (tertiary/aromatic N) is 2. The van der Waals surface area contributed by atoms with E-state index >= 15 is 0 Å². The summed E-state index contributed by atoms with van der Waals surface area (Å²) in [5, 5.41) is 0. The van der Waals surface area contributed by atoms with Crippen molar-refractivity contribution < 1.29 is 0 Å². The lowest BCUT2D eigenvalue weighted by Gasteiger charge is -2.18. The molecular weight excluding hydrogens is 198 g/mol. The van der Waals surface area contributed by atoms with E-state index in [1.807, 2.05) is 31.3 Å². The second-order valence-corrected chi connectivity index (χ2v) is 3.79. The van der Waals surface area contributed by atoms with Crippen LogP contribution in [0.3, 0.4) is 0 Å². The van der Waals surface area contributed by atoms with Crippen LogP contribution in [0.4, 0.5) is 11.5 Å². The topological polar surface area (TPSA) is 42.1 Å². The van der Waals surface area contributed by atoms with Gasteiger partial charge in [0.15, 0.2) is 0 Å². The van der Waals surface area contributed by atoms with Crippen molar-refractivity contribution in [2.75, 3.05) is 17.7 Å². The summed E-state index contributed by atoms with van der Waals surface area (Å²) < 4.78 is 0. The van der Waals surface area contributed by atoms with Crippen LogP contribution < -0.4 is 10.6 Å². The van der Waals surface area contributed by atoms with Gasteiger partial charge in [0, 0.05) is 31.5 Å².